The number of carboxylic acids is 2. The Hall–Kier alpha value is -2.48. The van der Waals surface area contributed by atoms with Crippen molar-refractivity contribution in [3.8, 4) is 0 Å². The monoisotopic (exact) mass is 602 g/mol. The van der Waals surface area contributed by atoms with Crippen LogP contribution in [-0.2, 0) is 9.59 Å². The lowest BCUT2D eigenvalue weighted by Gasteiger charge is -2.10. The number of carbonyl (C=O) groups is 4. The van der Waals surface area contributed by atoms with E-state index in [0.717, 1.165) is 13.1 Å². The van der Waals surface area contributed by atoms with Crippen LogP contribution in [-0.4, -0.2) is 69.6 Å². The Morgan fingerprint density at radius 3 is 1.47 bits per heavy atom. The molecule has 10 nitrogen and oxygen atoms in total. The first kappa shape index (κ1) is 31.7. The van der Waals surface area contributed by atoms with Crippen molar-refractivity contribution in [2.45, 2.75) is 35.4 Å². The van der Waals surface area contributed by atoms with Gasteiger partial charge in [0.05, 0.1) is 34.7 Å². The molecule has 8 N–H and O–H groups in total. The molecule has 0 bridgehead atoms. The van der Waals surface area contributed by atoms with Gasteiger partial charge in [0, 0.05) is 24.2 Å². The molecule has 38 heavy (non-hydrogen) atoms. The zero-order valence-corrected chi connectivity index (χ0v) is 23.2. The number of hydrogen-bond acceptors (Lipinski definition) is 6. The van der Waals surface area contributed by atoms with E-state index in [1.807, 2.05) is 10.6 Å². The van der Waals surface area contributed by atoms with Crippen LogP contribution in [0.4, 0.5) is 11.4 Å². The molecule has 1 unspecified atom stereocenters. The van der Waals surface area contributed by atoms with Crippen LogP contribution in [0.5, 0.6) is 0 Å². The smallest absolute Gasteiger partial charge is 0.335 e. The fourth-order valence-corrected chi connectivity index (χ4v) is 7.41. The highest BCUT2D eigenvalue weighted by Gasteiger charge is 2.38. The molecule has 2 amide bonds. The Morgan fingerprint density at radius 1 is 0.711 bits per heavy atom. The van der Waals surface area contributed by atoms with Crippen LogP contribution >= 0.6 is 21.6 Å². The minimum atomic E-state index is -1.04. The molecular formula is C24H28Cl2N4O6S2. The molecule has 2 aliphatic rings. The molecule has 2 saturated heterocycles. The predicted molar refractivity (Wildman–Crippen MR) is 137 cm³/mol. The summed E-state index contributed by atoms with van der Waals surface area (Å²) in [7, 11) is 3.50. The van der Waals surface area contributed by atoms with Crippen LogP contribution in [0, 0.1) is 0 Å². The summed E-state index contributed by atoms with van der Waals surface area (Å²) in [5, 5.41) is 28.5. The Kier molecular flexibility index (Phi) is 12.2. The number of amides is 2. The molecule has 0 saturated carbocycles. The standard InChI is InChI=1S/C24H26N4O6S2.2ClH/c29-21(27-15-5-1-3-13(7-15)23(31)32)19-9-17(11-25-19)35-36-18-10-20(26-12-18)22(30)28-16-6-2-4-14(8-16)24(33)34;;/h1-8,17-20,25-26H,9-12H2,(H,27,29)(H,28,30)(H,31,32)(H,33,34);2*1H/t17-,18?,19-,20-;;/m0../s1. The van der Waals surface area contributed by atoms with Crippen molar-refractivity contribution in [2.24, 2.45) is 0 Å². The van der Waals surface area contributed by atoms with Gasteiger partial charge >= 0.3 is 11.9 Å². The average molecular weight is 604 g/mol. The number of quaternary nitrogens is 2. The summed E-state index contributed by atoms with van der Waals surface area (Å²) in [4.78, 5) is 47.5. The summed E-state index contributed by atoms with van der Waals surface area (Å²) in [5.41, 5.74) is 1.20. The number of hydrogen-bond donors (Lipinski definition) is 6. The number of nitrogens with two attached hydrogens (primary N) is 2. The Balaban J connectivity index is 0.00000253. The summed E-state index contributed by atoms with van der Waals surface area (Å²) in [5.74, 6) is -2.35. The summed E-state index contributed by atoms with van der Waals surface area (Å²) >= 11 is 0. The first-order chi connectivity index (χ1) is 17.3. The maximum Gasteiger partial charge on any atom is 0.335 e. The quantitative estimate of drug-likeness (QED) is 0.155. The van der Waals surface area contributed by atoms with Gasteiger partial charge in [0.25, 0.3) is 11.8 Å². The first-order valence-electron chi connectivity index (χ1n) is 11.6. The Bertz CT molecular complexity index is 1080. The Morgan fingerprint density at radius 2 is 1.11 bits per heavy atom. The van der Waals surface area contributed by atoms with Gasteiger partial charge in [-0.05, 0) is 36.4 Å². The zero-order chi connectivity index (χ0) is 25.7. The predicted octanol–water partition coefficient (Wildman–Crippen LogP) is -5.54. The lowest BCUT2D eigenvalue weighted by Crippen LogP contribution is -3.00. The van der Waals surface area contributed by atoms with Crippen LogP contribution < -0.4 is 46.1 Å². The largest absolute Gasteiger partial charge is 1.00 e. The van der Waals surface area contributed by atoms with Gasteiger partial charge in [0.1, 0.15) is 0 Å². The number of anilines is 2. The molecule has 2 aromatic rings. The third-order valence-corrected chi connectivity index (χ3v) is 9.55. The van der Waals surface area contributed by atoms with Crippen molar-refractivity contribution in [3.63, 3.8) is 0 Å². The van der Waals surface area contributed by atoms with Crippen LogP contribution in [0.2, 0.25) is 0 Å². The van der Waals surface area contributed by atoms with Gasteiger partial charge in [-0.25, -0.2) is 9.59 Å². The molecular weight excluding hydrogens is 575 g/mol. The van der Waals surface area contributed by atoms with E-state index in [9.17, 15) is 19.2 Å². The molecule has 2 aromatic carbocycles. The van der Waals surface area contributed by atoms with Crippen molar-refractivity contribution >= 4 is 56.7 Å². The Labute approximate surface area is 239 Å². The molecule has 0 aliphatic carbocycles. The van der Waals surface area contributed by atoms with Gasteiger partial charge in [0.2, 0.25) is 0 Å². The van der Waals surface area contributed by atoms with E-state index in [1.54, 1.807) is 45.9 Å². The van der Waals surface area contributed by atoms with Gasteiger partial charge in [-0.2, -0.15) is 0 Å². The molecule has 4 rings (SSSR count). The van der Waals surface area contributed by atoms with E-state index in [4.69, 9.17) is 10.2 Å². The van der Waals surface area contributed by atoms with Crippen LogP contribution in [0.15, 0.2) is 48.5 Å². The minimum Gasteiger partial charge on any atom is -1.00 e. The highest BCUT2D eigenvalue weighted by Crippen LogP contribution is 2.36. The number of rotatable bonds is 9. The van der Waals surface area contributed by atoms with Crippen LogP contribution in [0.3, 0.4) is 0 Å². The number of benzene rings is 2. The molecule has 0 radical (unpaired) electrons. The summed E-state index contributed by atoms with van der Waals surface area (Å²) in [6.45, 7) is 1.62. The van der Waals surface area contributed by atoms with Crippen LogP contribution in [0.25, 0.3) is 0 Å². The SMILES string of the molecule is O=C(O)c1cccc(NC(=O)[C@@H]2CC(SS[C@@H]3C[NH2+][C@H](C(=O)Nc4cccc(C(=O)O)c4)C3)C[NH2+]2)c1.[Cl-].[Cl-]. The average Bonchev–Trinajstić information content (AvgIpc) is 3.53. The highest BCUT2D eigenvalue weighted by atomic mass is 35.5. The topological polar surface area (TPSA) is 166 Å². The van der Waals surface area contributed by atoms with Crippen molar-refractivity contribution in [1.29, 1.82) is 0 Å². The maximum atomic E-state index is 12.6. The van der Waals surface area contributed by atoms with Crippen molar-refractivity contribution in [3.05, 3.63) is 59.7 Å². The van der Waals surface area contributed by atoms with E-state index < -0.39 is 11.9 Å². The van der Waals surface area contributed by atoms with E-state index >= 15 is 0 Å². The minimum absolute atomic E-state index is 0. The van der Waals surface area contributed by atoms with Crippen molar-refractivity contribution < 1.29 is 64.8 Å². The molecule has 14 heteroatoms. The van der Waals surface area contributed by atoms with Gasteiger partial charge in [-0.1, -0.05) is 33.7 Å². The molecule has 4 atom stereocenters. The molecule has 2 aliphatic heterocycles. The van der Waals surface area contributed by atoms with Gasteiger partial charge in [0.15, 0.2) is 12.1 Å². The lowest BCUT2D eigenvalue weighted by atomic mass is 10.1. The fourth-order valence-electron chi connectivity index (χ4n) is 4.26. The fraction of sp³-hybridized carbons (Fsp3) is 0.333. The zero-order valence-electron chi connectivity index (χ0n) is 20.0. The summed E-state index contributed by atoms with van der Waals surface area (Å²) in [6.07, 6.45) is 1.42. The normalized spacial score (nSPS) is 22.0. The number of halogens is 2. The summed E-state index contributed by atoms with van der Waals surface area (Å²) in [6, 6.07) is 12.0. The second-order valence-corrected chi connectivity index (χ2v) is 11.7. The summed E-state index contributed by atoms with van der Waals surface area (Å²) < 4.78 is 0. The lowest BCUT2D eigenvalue weighted by molar-refractivity contribution is -0.656. The molecule has 2 heterocycles. The van der Waals surface area contributed by atoms with Crippen molar-refractivity contribution in [1.82, 2.24) is 0 Å². The van der Waals surface area contributed by atoms with Crippen molar-refractivity contribution in [2.75, 3.05) is 23.7 Å². The third-order valence-electron chi connectivity index (χ3n) is 6.16. The molecule has 0 spiro atoms. The second-order valence-electron chi connectivity index (χ2n) is 8.81. The maximum absolute atomic E-state index is 12.6. The van der Waals surface area contributed by atoms with E-state index in [2.05, 4.69) is 10.6 Å². The van der Waals surface area contributed by atoms with E-state index in [0.29, 0.717) is 34.7 Å². The van der Waals surface area contributed by atoms with Gasteiger partial charge in [-0.15, -0.1) is 0 Å². The van der Waals surface area contributed by atoms with Gasteiger partial charge in [-0.3, -0.25) is 9.59 Å². The second kappa shape index (κ2) is 14.6. The van der Waals surface area contributed by atoms with E-state index in [1.165, 1.54) is 24.3 Å². The first-order valence-corrected chi connectivity index (χ1v) is 13.8. The van der Waals surface area contributed by atoms with Crippen LogP contribution in [0.1, 0.15) is 33.6 Å². The molecule has 206 valence electrons. The number of aromatic carboxylic acids is 2. The number of nitrogens with one attached hydrogen (secondary N) is 2. The molecule has 2 fully saturated rings. The number of carboxylic acid groups (broad SMARTS) is 2. The number of carbonyl (C=O) groups excluding carboxylic acids is 2. The molecule has 0 aromatic heterocycles. The van der Waals surface area contributed by atoms with E-state index in [-0.39, 0.29) is 59.8 Å². The third kappa shape index (κ3) is 8.52. The van der Waals surface area contributed by atoms with Gasteiger partial charge < -0.3 is 56.3 Å². The highest BCUT2D eigenvalue weighted by molar-refractivity contribution is 8.77.